The Kier molecular flexibility index (Phi) is 8.12. The summed E-state index contributed by atoms with van der Waals surface area (Å²) in [7, 11) is 3.26. The summed E-state index contributed by atoms with van der Waals surface area (Å²) in [6.07, 6.45) is 1.39. The summed E-state index contributed by atoms with van der Waals surface area (Å²) >= 11 is 0. The van der Waals surface area contributed by atoms with Crippen molar-refractivity contribution in [2.24, 2.45) is 11.8 Å². The first-order chi connectivity index (χ1) is 17.7. The van der Waals surface area contributed by atoms with E-state index in [0.717, 1.165) is 12.8 Å². The fourth-order valence-electron chi connectivity index (χ4n) is 4.51. The van der Waals surface area contributed by atoms with Gasteiger partial charge in [-0.1, -0.05) is 19.1 Å². The van der Waals surface area contributed by atoms with Gasteiger partial charge in [-0.15, -0.1) is 0 Å². The van der Waals surface area contributed by atoms with Gasteiger partial charge in [-0.2, -0.15) is 0 Å². The fraction of sp³-hybridized carbons (Fsp3) is 0.464. The monoisotopic (exact) mass is 511 g/mol. The zero-order valence-corrected chi connectivity index (χ0v) is 21.7. The van der Waals surface area contributed by atoms with Crippen molar-refractivity contribution >= 4 is 23.4 Å². The number of hydrogen-bond acceptors (Lipinski definition) is 5. The number of ether oxygens (including phenoxy) is 2. The van der Waals surface area contributed by atoms with Crippen LogP contribution in [-0.2, 0) is 9.53 Å². The first kappa shape index (κ1) is 26.6. The highest BCUT2D eigenvalue weighted by molar-refractivity contribution is 5.99. The average molecular weight is 512 g/mol. The van der Waals surface area contributed by atoms with Crippen molar-refractivity contribution in [3.05, 3.63) is 59.4 Å². The Morgan fingerprint density at radius 3 is 2.51 bits per heavy atom. The molecule has 1 N–H and O–H groups in total. The number of amides is 3. The van der Waals surface area contributed by atoms with E-state index in [2.05, 4.69) is 5.32 Å². The maximum atomic E-state index is 14.5. The number of rotatable bonds is 4. The van der Waals surface area contributed by atoms with Crippen LogP contribution in [0.25, 0.3) is 0 Å². The molecule has 1 heterocycles. The van der Waals surface area contributed by atoms with E-state index in [4.69, 9.17) is 9.47 Å². The maximum absolute atomic E-state index is 14.5. The number of hydrogen-bond donors (Lipinski definition) is 1. The van der Waals surface area contributed by atoms with Gasteiger partial charge < -0.3 is 24.6 Å². The molecule has 0 saturated heterocycles. The summed E-state index contributed by atoms with van der Waals surface area (Å²) in [5.74, 6) is -1.14. The number of carbonyl (C=O) groups is 3. The van der Waals surface area contributed by atoms with E-state index in [9.17, 15) is 18.8 Å². The zero-order valence-electron chi connectivity index (χ0n) is 21.7. The van der Waals surface area contributed by atoms with Crippen LogP contribution in [0.15, 0.2) is 42.5 Å². The van der Waals surface area contributed by atoms with Crippen LogP contribution < -0.4 is 10.1 Å². The van der Waals surface area contributed by atoms with E-state index in [1.807, 2.05) is 13.8 Å². The van der Waals surface area contributed by atoms with Gasteiger partial charge in [0.15, 0.2) is 0 Å². The van der Waals surface area contributed by atoms with Crippen LogP contribution in [0.1, 0.15) is 47.4 Å². The van der Waals surface area contributed by atoms with Crippen molar-refractivity contribution in [2.45, 2.75) is 38.8 Å². The second-order valence-electron chi connectivity index (χ2n) is 10.0. The summed E-state index contributed by atoms with van der Waals surface area (Å²) in [6.45, 7) is 4.39. The van der Waals surface area contributed by atoms with Gasteiger partial charge in [-0.05, 0) is 44.0 Å². The Morgan fingerprint density at radius 1 is 1.11 bits per heavy atom. The van der Waals surface area contributed by atoms with Gasteiger partial charge in [0.05, 0.1) is 23.3 Å². The first-order valence-corrected chi connectivity index (χ1v) is 12.6. The number of benzene rings is 2. The molecule has 0 unspecified atom stereocenters. The van der Waals surface area contributed by atoms with Gasteiger partial charge in [0, 0.05) is 50.8 Å². The molecule has 198 valence electrons. The predicted octanol–water partition coefficient (Wildman–Crippen LogP) is 3.82. The molecule has 1 aliphatic heterocycles. The Morgan fingerprint density at radius 2 is 1.84 bits per heavy atom. The normalized spacial score (nSPS) is 22.8. The lowest BCUT2D eigenvalue weighted by atomic mass is 10.0. The molecule has 8 nitrogen and oxygen atoms in total. The van der Waals surface area contributed by atoms with Crippen LogP contribution in [0, 0.1) is 17.7 Å². The summed E-state index contributed by atoms with van der Waals surface area (Å²) < 4.78 is 26.3. The zero-order chi connectivity index (χ0) is 26.7. The Hall–Kier alpha value is -3.46. The lowest BCUT2D eigenvalue weighted by molar-refractivity contribution is -0.117. The minimum Gasteiger partial charge on any atom is -0.491 e. The van der Waals surface area contributed by atoms with Crippen LogP contribution in [0.2, 0.25) is 0 Å². The van der Waals surface area contributed by atoms with Crippen LogP contribution >= 0.6 is 0 Å². The summed E-state index contributed by atoms with van der Waals surface area (Å²) in [5, 5.41) is 2.88. The molecule has 1 aliphatic carbocycles. The Bertz CT molecular complexity index is 1170. The highest BCUT2D eigenvalue weighted by Crippen LogP contribution is 2.32. The second-order valence-corrected chi connectivity index (χ2v) is 10.0. The molecule has 3 atom stereocenters. The molecule has 2 aliphatic rings. The molecular formula is C28H34FN3O5. The van der Waals surface area contributed by atoms with Crippen LogP contribution in [0.5, 0.6) is 5.75 Å². The number of carbonyl (C=O) groups excluding carboxylic acids is 3. The molecule has 4 rings (SSSR count). The molecule has 1 saturated carbocycles. The van der Waals surface area contributed by atoms with Crippen molar-refractivity contribution < 1.29 is 28.2 Å². The standard InChI is InChI=1S/C28H34FN3O5/c1-17-14-32(28(35)21-7-5-6-8-23(21)29)18(2)16-37-24-13-20(30-26(33)19-9-10-19)11-12-22(24)27(34)31(3)15-25(17)36-4/h5-8,11-13,17-19,25H,9-10,14-16H2,1-4H3,(H,30,33)/t17-,18+,25-/m1/s1. The third-order valence-electron chi connectivity index (χ3n) is 7.03. The first-order valence-electron chi connectivity index (χ1n) is 12.6. The highest BCUT2D eigenvalue weighted by atomic mass is 19.1. The van der Waals surface area contributed by atoms with Gasteiger partial charge >= 0.3 is 0 Å². The molecule has 0 aromatic heterocycles. The topological polar surface area (TPSA) is 88.2 Å². The number of nitrogens with one attached hydrogen (secondary N) is 1. The molecule has 1 fully saturated rings. The predicted molar refractivity (Wildman–Crippen MR) is 137 cm³/mol. The molecule has 3 amide bonds. The average Bonchev–Trinajstić information content (AvgIpc) is 3.73. The van der Waals surface area contributed by atoms with Crippen molar-refractivity contribution in [3.8, 4) is 5.75 Å². The van der Waals surface area contributed by atoms with E-state index in [0.29, 0.717) is 17.0 Å². The molecule has 9 heteroatoms. The SMILES string of the molecule is CO[C@@H]1CN(C)C(=O)c2ccc(NC(=O)C3CC3)cc2OC[C@H](C)N(C(=O)c2ccccc2F)C[C@H]1C. The van der Waals surface area contributed by atoms with Crippen LogP contribution in [0.4, 0.5) is 10.1 Å². The van der Waals surface area contributed by atoms with E-state index in [1.165, 1.54) is 12.1 Å². The van der Waals surface area contributed by atoms with Gasteiger partial charge in [0.25, 0.3) is 11.8 Å². The number of fused-ring (bicyclic) bond motifs is 1. The van der Waals surface area contributed by atoms with Crippen LogP contribution in [0.3, 0.4) is 0 Å². The summed E-state index contributed by atoms with van der Waals surface area (Å²) in [5.41, 5.74) is 0.864. The quantitative estimate of drug-likeness (QED) is 0.674. The van der Waals surface area contributed by atoms with Crippen molar-refractivity contribution in [2.75, 3.05) is 39.2 Å². The number of likely N-dealkylation sites (N-methyl/N-ethyl adjacent to an activating group) is 1. The number of anilines is 1. The van der Waals surface area contributed by atoms with E-state index < -0.39 is 17.8 Å². The number of nitrogens with zero attached hydrogens (tertiary/aromatic N) is 2. The minimum absolute atomic E-state index is 0.0135. The third-order valence-corrected chi connectivity index (χ3v) is 7.03. The summed E-state index contributed by atoms with van der Waals surface area (Å²) in [6, 6.07) is 10.4. The smallest absolute Gasteiger partial charge is 0.257 e. The molecule has 0 radical (unpaired) electrons. The van der Waals surface area contributed by atoms with Gasteiger partial charge in [0.2, 0.25) is 5.91 Å². The minimum atomic E-state index is -0.589. The van der Waals surface area contributed by atoms with Crippen LogP contribution in [-0.4, -0.2) is 73.5 Å². The van der Waals surface area contributed by atoms with Gasteiger partial charge in [-0.3, -0.25) is 14.4 Å². The Labute approximate surface area is 216 Å². The van der Waals surface area contributed by atoms with E-state index in [1.54, 1.807) is 54.3 Å². The van der Waals surface area contributed by atoms with Crippen molar-refractivity contribution in [3.63, 3.8) is 0 Å². The molecular weight excluding hydrogens is 477 g/mol. The van der Waals surface area contributed by atoms with Gasteiger partial charge in [-0.25, -0.2) is 4.39 Å². The third kappa shape index (κ3) is 6.10. The number of halogens is 1. The second kappa shape index (κ2) is 11.3. The Balaban J connectivity index is 1.67. The van der Waals surface area contributed by atoms with E-state index >= 15 is 0 Å². The molecule has 0 bridgehead atoms. The lowest BCUT2D eigenvalue weighted by Crippen LogP contribution is -2.48. The molecule has 2 aromatic carbocycles. The maximum Gasteiger partial charge on any atom is 0.257 e. The van der Waals surface area contributed by atoms with Crippen molar-refractivity contribution in [1.82, 2.24) is 9.80 Å². The van der Waals surface area contributed by atoms with Crippen molar-refractivity contribution in [1.29, 1.82) is 0 Å². The molecule has 2 aromatic rings. The molecule has 0 spiro atoms. The lowest BCUT2D eigenvalue weighted by Gasteiger charge is -2.36. The fourth-order valence-corrected chi connectivity index (χ4v) is 4.51. The van der Waals surface area contributed by atoms with E-state index in [-0.39, 0.29) is 55.0 Å². The number of methoxy groups -OCH3 is 1. The molecule has 37 heavy (non-hydrogen) atoms. The van der Waals surface area contributed by atoms with Gasteiger partial charge in [0.1, 0.15) is 18.2 Å². The summed E-state index contributed by atoms with van der Waals surface area (Å²) in [4.78, 5) is 42.3. The highest BCUT2D eigenvalue weighted by Gasteiger charge is 2.32. The largest absolute Gasteiger partial charge is 0.491 e.